The number of nitrogens with zero attached hydrogens (tertiary/aromatic N) is 3. The molecule has 3 aromatic carbocycles. The summed E-state index contributed by atoms with van der Waals surface area (Å²) in [6, 6.07) is 19.6. The second kappa shape index (κ2) is 9.74. The van der Waals surface area contributed by atoms with Crippen molar-refractivity contribution in [3.63, 3.8) is 0 Å². The molecule has 7 nitrogen and oxygen atoms in total. The fraction of sp³-hybridized carbons (Fsp3) is 0.208. The van der Waals surface area contributed by atoms with Crippen molar-refractivity contribution in [3.05, 3.63) is 60.7 Å². The number of hydrogen-bond acceptors (Lipinski definition) is 6. The summed E-state index contributed by atoms with van der Waals surface area (Å²) in [5, 5.41) is 9.85. The van der Waals surface area contributed by atoms with Crippen LogP contribution in [-0.4, -0.2) is 47.6 Å². The second-order valence-electron chi connectivity index (χ2n) is 6.96. The Morgan fingerprint density at radius 2 is 1.88 bits per heavy atom. The summed E-state index contributed by atoms with van der Waals surface area (Å²) in [5.41, 5.74) is 1.68. The van der Waals surface area contributed by atoms with Crippen molar-refractivity contribution in [1.82, 2.24) is 15.2 Å². The fourth-order valence-electron chi connectivity index (χ4n) is 3.55. The van der Waals surface area contributed by atoms with Gasteiger partial charge >= 0.3 is 0 Å². The van der Waals surface area contributed by atoms with Gasteiger partial charge in [0.15, 0.2) is 5.82 Å². The van der Waals surface area contributed by atoms with Crippen LogP contribution in [0.4, 0.5) is 5.69 Å². The first-order valence-corrected chi connectivity index (χ1v) is 11.2. The molecular weight excluding hydrogens is 424 g/mol. The molecule has 0 spiro atoms. The Balaban J connectivity index is 1.49. The zero-order chi connectivity index (χ0) is 22.5. The third kappa shape index (κ3) is 4.40. The Labute approximate surface area is 190 Å². The molecule has 0 radical (unpaired) electrons. The van der Waals surface area contributed by atoms with Gasteiger partial charge in [0, 0.05) is 18.0 Å². The third-order valence-electron chi connectivity index (χ3n) is 5.13. The van der Waals surface area contributed by atoms with Crippen LogP contribution in [0.2, 0.25) is 0 Å². The number of anilines is 1. The van der Waals surface area contributed by atoms with Gasteiger partial charge in [0.25, 0.3) is 0 Å². The molecule has 0 atom stereocenters. The lowest BCUT2D eigenvalue weighted by molar-refractivity contribution is -0.116. The van der Waals surface area contributed by atoms with Crippen LogP contribution in [-0.2, 0) is 4.79 Å². The van der Waals surface area contributed by atoms with Gasteiger partial charge in [0.2, 0.25) is 11.1 Å². The molecule has 0 saturated carbocycles. The van der Waals surface area contributed by atoms with Gasteiger partial charge in [-0.2, -0.15) is 0 Å². The molecule has 1 heterocycles. The molecular formula is C24H24N4O3S. The van der Waals surface area contributed by atoms with E-state index in [9.17, 15) is 4.79 Å². The van der Waals surface area contributed by atoms with E-state index in [0.717, 1.165) is 22.0 Å². The van der Waals surface area contributed by atoms with Crippen molar-refractivity contribution in [1.29, 1.82) is 0 Å². The summed E-state index contributed by atoms with van der Waals surface area (Å²) in [5.74, 6) is 2.12. The van der Waals surface area contributed by atoms with Crippen molar-refractivity contribution in [3.8, 4) is 22.9 Å². The number of aromatic amines is 1. The molecule has 4 aromatic rings. The summed E-state index contributed by atoms with van der Waals surface area (Å²) in [6.45, 7) is 2.56. The predicted molar refractivity (Wildman–Crippen MR) is 128 cm³/mol. The highest BCUT2D eigenvalue weighted by molar-refractivity contribution is 7.99. The molecule has 4 rings (SSSR count). The van der Waals surface area contributed by atoms with Crippen molar-refractivity contribution in [2.75, 3.05) is 31.4 Å². The number of fused-ring (bicyclic) bond motifs is 1. The van der Waals surface area contributed by atoms with Gasteiger partial charge < -0.3 is 14.4 Å². The number of methoxy groups -OCH3 is 2. The van der Waals surface area contributed by atoms with Crippen LogP contribution >= 0.6 is 11.8 Å². The number of hydrogen-bond donors (Lipinski definition) is 1. The average Bonchev–Trinajstić information content (AvgIpc) is 3.31. The highest BCUT2D eigenvalue weighted by atomic mass is 32.2. The van der Waals surface area contributed by atoms with Gasteiger partial charge in [0.1, 0.15) is 11.5 Å². The van der Waals surface area contributed by atoms with E-state index in [1.807, 2.05) is 49.4 Å². The summed E-state index contributed by atoms with van der Waals surface area (Å²) in [6.07, 6.45) is 0. The Morgan fingerprint density at radius 3 is 2.66 bits per heavy atom. The van der Waals surface area contributed by atoms with Crippen molar-refractivity contribution in [2.24, 2.45) is 0 Å². The quantitative estimate of drug-likeness (QED) is 0.391. The molecule has 0 fully saturated rings. The van der Waals surface area contributed by atoms with Crippen LogP contribution < -0.4 is 14.4 Å². The molecule has 0 bridgehead atoms. The van der Waals surface area contributed by atoms with E-state index in [4.69, 9.17) is 9.47 Å². The maximum Gasteiger partial charge on any atom is 0.237 e. The van der Waals surface area contributed by atoms with Crippen LogP contribution in [0.25, 0.3) is 22.2 Å². The largest absolute Gasteiger partial charge is 0.497 e. The highest BCUT2D eigenvalue weighted by Gasteiger charge is 2.18. The van der Waals surface area contributed by atoms with Crippen molar-refractivity contribution < 1.29 is 14.3 Å². The normalized spacial score (nSPS) is 10.8. The van der Waals surface area contributed by atoms with E-state index in [2.05, 4.69) is 27.3 Å². The number of aromatic nitrogens is 3. The lowest BCUT2D eigenvalue weighted by Gasteiger charge is -2.22. The molecule has 1 amide bonds. The van der Waals surface area contributed by atoms with E-state index in [0.29, 0.717) is 29.0 Å². The smallest absolute Gasteiger partial charge is 0.237 e. The topological polar surface area (TPSA) is 80.3 Å². The maximum absolute atomic E-state index is 13.0. The van der Waals surface area contributed by atoms with E-state index >= 15 is 0 Å². The Bertz CT molecular complexity index is 1240. The van der Waals surface area contributed by atoms with Gasteiger partial charge in [-0.3, -0.25) is 9.89 Å². The SMILES string of the molecule is CCN(C(=O)CSc1n[nH]c(-c2ccc(OC)cc2OC)n1)c1cccc2ccccc12. The molecule has 0 unspecified atom stereocenters. The van der Waals surface area contributed by atoms with Crippen LogP contribution in [0.15, 0.2) is 65.8 Å². The minimum atomic E-state index is 0.00207. The number of nitrogens with one attached hydrogen (secondary N) is 1. The number of carbonyl (C=O) groups is 1. The summed E-state index contributed by atoms with van der Waals surface area (Å²) in [4.78, 5) is 19.4. The van der Waals surface area contributed by atoms with Gasteiger partial charge in [0.05, 0.1) is 31.2 Å². The van der Waals surface area contributed by atoms with Gasteiger partial charge in [-0.1, -0.05) is 48.2 Å². The Morgan fingerprint density at radius 1 is 1.06 bits per heavy atom. The van der Waals surface area contributed by atoms with Crippen LogP contribution in [0.5, 0.6) is 11.5 Å². The molecule has 8 heteroatoms. The first-order chi connectivity index (χ1) is 15.6. The van der Waals surface area contributed by atoms with E-state index in [-0.39, 0.29) is 11.7 Å². The lowest BCUT2D eigenvalue weighted by atomic mass is 10.1. The molecule has 164 valence electrons. The molecule has 32 heavy (non-hydrogen) atoms. The summed E-state index contributed by atoms with van der Waals surface area (Å²) in [7, 11) is 3.20. The van der Waals surface area contributed by atoms with E-state index in [1.165, 1.54) is 11.8 Å². The number of carbonyl (C=O) groups excluding carboxylic acids is 1. The van der Waals surface area contributed by atoms with Crippen LogP contribution in [0, 0.1) is 0 Å². The van der Waals surface area contributed by atoms with Gasteiger partial charge in [-0.15, -0.1) is 5.10 Å². The summed E-state index contributed by atoms with van der Waals surface area (Å²) >= 11 is 1.30. The molecule has 0 aliphatic heterocycles. The zero-order valence-corrected chi connectivity index (χ0v) is 19.0. The number of thioether (sulfide) groups is 1. The molecule has 1 aromatic heterocycles. The minimum absolute atomic E-state index is 0.00207. The van der Waals surface area contributed by atoms with E-state index < -0.39 is 0 Å². The van der Waals surface area contributed by atoms with E-state index in [1.54, 1.807) is 25.2 Å². The maximum atomic E-state index is 13.0. The number of benzene rings is 3. The number of rotatable bonds is 8. The third-order valence-corrected chi connectivity index (χ3v) is 5.96. The predicted octanol–water partition coefficient (Wildman–Crippen LogP) is 4.79. The average molecular weight is 449 g/mol. The Hall–Kier alpha value is -3.52. The molecule has 0 aliphatic carbocycles. The van der Waals surface area contributed by atoms with Gasteiger partial charge in [-0.05, 0) is 30.5 Å². The number of H-pyrrole nitrogens is 1. The second-order valence-corrected chi connectivity index (χ2v) is 7.90. The van der Waals surface area contributed by atoms with Crippen molar-refractivity contribution >= 4 is 34.1 Å². The zero-order valence-electron chi connectivity index (χ0n) is 18.2. The molecule has 0 saturated heterocycles. The highest BCUT2D eigenvalue weighted by Crippen LogP contribution is 2.32. The van der Waals surface area contributed by atoms with Crippen molar-refractivity contribution in [2.45, 2.75) is 12.1 Å². The number of ether oxygens (including phenoxy) is 2. The summed E-state index contributed by atoms with van der Waals surface area (Å²) < 4.78 is 10.7. The molecule has 1 N–H and O–H groups in total. The lowest BCUT2D eigenvalue weighted by Crippen LogP contribution is -2.32. The first-order valence-electron chi connectivity index (χ1n) is 10.2. The first kappa shape index (κ1) is 21.7. The fourth-order valence-corrected chi connectivity index (χ4v) is 4.23. The van der Waals surface area contributed by atoms with Crippen LogP contribution in [0.3, 0.4) is 0 Å². The monoisotopic (exact) mass is 448 g/mol. The van der Waals surface area contributed by atoms with Gasteiger partial charge in [-0.25, -0.2) is 4.98 Å². The number of amides is 1. The molecule has 0 aliphatic rings. The standard InChI is InChI=1S/C24H24N4O3S/c1-4-28(20-11-7-9-16-8-5-6-10-18(16)20)22(29)15-32-24-25-23(26-27-24)19-13-12-17(30-2)14-21(19)31-3/h5-14H,4,15H2,1-3H3,(H,25,26,27). The minimum Gasteiger partial charge on any atom is -0.497 e. The van der Waals surface area contributed by atoms with Crippen LogP contribution in [0.1, 0.15) is 6.92 Å². The Kier molecular flexibility index (Phi) is 6.61.